The van der Waals surface area contributed by atoms with Crippen molar-refractivity contribution in [3.05, 3.63) is 40.9 Å². The zero-order chi connectivity index (χ0) is 24.8. The first-order valence-electron chi connectivity index (χ1n) is 10.1. The molecule has 1 aliphatic heterocycles. The van der Waals surface area contributed by atoms with Gasteiger partial charge in [0.2, 0.25) is 0 Å². The monoisotopic (exact) mass is 492 g/mol. The van der Waals surface area contributed by atoms with Gasteiger partial charge in [-0.2, -0.15) is 0 Å². The van der Waals surface area contributed by atoms with Crippen LogP contribution in [-0.2, 0) is 19.1 Å². The number of amides is 4. The SMILES string of the molecule is COCCOc1ccc([C@H]2NC(=O)N([C@H](C(=O)Nc3nc(C(=O)OC)cs3)[C@@H](C)O)C2=O)cc1. The van der Waals surface area contributed by atoms with E-state index in [4.69, 9.17) is 9.47 Å². The van der Waals surface area contributed by atoms with Crippen LogP contribution in [0, 0.1) is 0 Å². The molecular formula is C21H24N4O8S. The smallest absolute Gasteiger partial charge is 0.357 e. The van der Waals surface area contributed by atoms with E-state index >= 15 is 0 Å². The minimum Gasteiger partial charge on any atom is -0.491 e. The third kappa shape index (κ3) is 5.50. The van der Waals surface area contributed by atoms with Crippen LogP contribution in [0.3, 0.4) is 0 Å². The van der Waals surface area contributed by atoms with Gasteiger partial charge in [0.15, 0.2) is 10.8 Å². The molecule has 0 saturated carbocycles. The topological polar surface area (TPSA) is 156 Å². The van der Waals surface area contributed by atoms with E-state index in [1.807, 2.05) is 0 Å². The summed E-state index contributed by atoms with van der Waals surface area (Å²) >= 11 is 0.951. The molecule has 1 aliphatic rings. The molecule has 0 bridgehead atoms. The molecule has 1 saturated heterocycles. The fraction of sp³-hybridized carbons (Fsp3) is 0.381. The summed E-state index contributed by atoms with van der Waals surface area (Å²) in [6.07, 6.45) is -1.38. The van der Waals surface area contributed by atoms with Gasteiger partial charge in [-0.3, -0.25) is 9.59 Å². The lowest BCUT2D eigenvalue weighted by Gasteiger charge is -2.26. The average Bonchev–Trinajstić information content (AvgIpc) is 3.39. The number of nitrogens with zero attached hydrogens (tertiary/aromatic N) is 2. The molecule has 4 amide bonds. The van der Waals surface area contributed by atoms with Gasteiger partial charge in [0.05, 0.1) is 19.8 Å². The van der Waals surface area contributed by atoms with Gasteiger partial charge >= 0.3 is 12.0 Å². The number of rotatable bonds is 10. The number of thiazole rings is 1. The van der Waals surface area contributed by atoms with Crippen LogP contribution in [0.25, 0.3) is 0 Å². The number of imide groups is 1. The molecule has 0 spiro atoms. The quantitative estimate of drug-likeness (QED) is 0.249. The predicted molar refractivity (Wildman–Crippen MR) is 119 cm³/mol. The highest BCUT2D eigenvalue weighted by Gasteiger charge is 2.47. The summed E-state index contributed by atoms with van der Waals surface area (Å²) in [4.78, 5) is 54.8. The number of aliphatic hydroxyl groups excluding tert-OH is 1. The Bertz CT molecular complexity index is 1060. The molecule has 13 heteroatoms. The number of carbonyl (C=O) groups is 4. The van der Waals surface area contributed by atoms with E-state index in [0.717, 1.165) is 11.3 Å². The zero-order valence-corrected chi connectivity index (χ0v) is 19.5. The Hall–Kier alpha value is -3.55. The number of aliphatic hydroxyl groups is 1. The summed E-state index contributed by atoms with van der Waals surface area (Å²) < 4.78 is 15.0. The van der Waals surface area contributed by atoms with Crippen molar-refractivity contribution in [2.24, 2.45) is 0 Å². The predicted octanol–water partition coefficient (Wildman–Crippen LogP) is 0.936. The highest BCUT2D eigenvalue weighted by Crippen LogP contribution is 2.27. The average molecular weight is 493 g/mol. The molecule has 3 N–H and O–H groups in total. The fourth-order valence-electron chi connectivity index (χ4n) is 3.24. The summed E-state index contributed by atoms with van der Waals surface area (Å²) in [6.45, 7) is 2.06. The van der Waals surface area contributed by atoms with Gasteiger partial charge in [-0.25, -0.2) is 19.5 Å². The van der Waals surface area contributed by atoms with E-state index in [-0.39, 0.29) is 10.8 Å². The van der Waals surface area contributed by atoms with Crippen molar-refractivity contribution in [2.45, 2.75) is 25.1 Å². The first kappa shape index (κ1) is 25.1. The van der Waals surface area contributed by atoms with Crippen molar-refractivity contribution < 1.29 is 38.5 Å². The van der Waals surface area contributed by atoms with Gasteiger partial charge in [0.25, 0.3) is 11.8 Å². The van der Waals surface area contributed by atoms with Crippen molar-refractivity contribution in [3.63, 3.8) is 0 Å². The summed E-state index contributed by atoms with van der Waals surface area (Å²) in [6, 6.07) is 3.14. The number of benzene rings is 1. The van der Waals surface area contributed by atoms with Crippen LogP contribution in [0.5, 0.6) is 5.75 Å². The van der Waals surface area contributed by atoms with Crippen LogP contribution in [0.15, 0.2) is 29.6 Å². The number of esters is 1. The van der Waals surface area contributed by atoms with Crippen molar-refractivity contribution >= 4 is 40.3 Å². The molecule has 0 radical (unpaired) electrons. The molecule has 1 fully saturated rings. The highest BCUT2D eigenvalue weighted by atomic mass is 32.1. The maximum absolute atomic E-state index is 13.1. The van der Waals surface area contributed by atoms with Crippen molar-refractivity contribution in [1.29, 1.82) is 0 Å². The number of ether oxygens (including phenoxy) is 3. The Morgan fingerprint density at radius 3 is 2.56 bits per heavy atom. The fourth-order valence-corrected chi connectivity index (χ4v) is 3.93. The Kier molecular flexibility index (Phi) is 8.15. The highest BCUT2D eigenvalue weighted by molar-refractivity contribution is 7.14. The van der Waals surface area contributed by atoms with E-state index in [1.54, 1.807) is 31.4 Å². The molecular weight excluding hydrogens is 468 g/mol. The normalized spacial score (nSPS) is 17.2. The van der Waals surface area contributed by atoms with Crippen LogP contribution in [-0.4, -0.2) is 78.4 Å². The molecule has 12 nitrogen and oxygen atoms in total. The standard InChI is InChI=1S/C21H24N4O8S/c1-11(26)16(17(27)24-20-22-14(10-34-20)19(29)32-3)25-18(28)15(23-21(25)30)12-4-6-13(7-5-12)33-9-8-31-2/h4-7,10-11,15-16,26H,8-9H2,1-3H3,(H,23,30)(H,22,24,27)/t11-,15-,16+/m1/s1. The number of hydrogen-bond donors (Lipinski definition) is 3. The van der Waals surface area contributed by atoms with Gasteiger partial charge in [0.1, 0.15) is 24.4 Å². The van der Waals surface area contributed by atoms with Gasteiger partial charge in [-0.15, -0.1) is 11.3 Å². The first-order valence-corrected chi connectivity index (χ1v) is 11.0. The van der Waals surface area contributed by atoms with Crippen LogP contribution in [0.1, 0.15) is 29.0 Å². The minimum atomic E-state index is -1.53. The third-order valence-electron chi connectivity index (χ3n) is 4.87. The number of aromatic nitrogens is 1. The van der Waals surface area contributed by atoms with Crippen LogP contribution >= 0.6 is 11.3 Å². The lowest BCUT2D eigenvalue weighted by Crippen LogP contribution is -2.53. The molecule has 1 aromatic heterocycles. The Labute approximate surface area is 198 Å². The Morgan fingerprint density at radius 2 is 1.94 bits per heavy atom. The molecule has 182 valence electrons. The summed E-state index contributed by atoms with van der Waals surface area (Å²) in [5.41, 5.74) is 0.466. The van der Waals surface area contributed by atoms with Crippen molar-refractivity contribution in [2.75, 3.05) is 32.8 Å². The minimum absolute atomic E-state index is 0.0129. The molecule has 34 heavy (non-hydrogen) atoms. The molecule has 0 aliphatic carbocycles. The lowest BCUT2D eigenvalue weighted by molar-refractivity contribution is -0.137. The molecule has 2 heterocycles. The number of hydrogen-bond acceptors (Lipinski definition) is 10. The van der Waals surface area contributed by atoms with E-state index in [2.05, 4.69) is 20.4 Å². The van der Waals surface area contributed by atoms with Crippen molar-refractivity contribution in [3.8, 4) is 5.75 Å². The van der Waals surface area contributed by atoms with Gasteiger partial charge in [-0.1, -0.05) is 12.1 Å². The molecule has 3 rings (SSSR count). The first-order chi connectivity index (χ1) is 16.3. The van der Waals surface area contributed by atoms with Crippen LogP contribution in [0.4, 0.5) is 9.93 Å². The number of nitrogens with one attached hydrogen (secondary N) is 2. The number of methoxy groups -OCH3 is 2. The molecule has 3 atom stereocenters. The summed E-state index contributed by atoms with van der Waals surface area (Å²) in [7, 11) is 2.75. The van der Waals surface area contributed by atoms with Crippen molar-refractivity contribution in [1.82, 2.24) is 15.2 Å². The Morgan fingerprint density at radius 1 is 1.24 bits per heavy atom. The maximum atomic E-state index is 13.1. The van der Waals surface area contributed by atoms with Crippen LogP contribution < -0.4 is 15.4 Å². The number of urea groups is 1. The van der Waals surface area contributed by atoms with E-state index in [9.17, 15) is 24.3 Å². The van der Waals surface area contributed by atoms with E-state index in [0.29, 0.717) is 29.4 Å². The van der Waals surface area contributed by atoms with E-state index in [1.165, 1.54) is 19.4 Å². The van der Waals surface area contributed by atoms with Gasteiger partial charge in [0, 0.05) is 12.5 Å². The van der Waals surface area contributed by atoms with Gasteiger partial charge in [-0.05, 0) is 24.6 Å². The van der Waals surface area contributed by atoms with Crippen LogP contribution in [0.2, 0.25) is 0 Å². The number of carbonyl (C=O) groups excluding carboxylic acids is 4. The largest absolute Gasteiger partial charge is 0.491 e. The summed E-state index contributed by atoms with van der Waals surface area (Å²) in [5, 5.41) is 16.6. The number of anilines is 1. The Balaban J connectivity index is 1.74. The summed E-state index contributed by atoms with van der Waals surface area (Å²) in [5.74, 6) is -1.67. The third-order valence-corrected chi connectivity index (χ3v) is 5.63. The zero-order valence-electron chi connectivity index (χ0n) is 18.6. The molecule has 2 aromatic rings. The lowest BCUT2D eigenvalue weighted by atomic mass is 10.1. The molecule has 1 aromatic carbocycles. The maximum Gasteiger partial charge on any atom is 0.357 e. The second kappa shape index (κ2) is 11.0. The van der Waals surface area contributed by atoms with Gasteiger partial charge < -0.3 is 30.0 Å². The van der Waals surface area contributed by atoms with E-state index < -0.39 is 42.0 Å². The second-order valence-corrected chi connectivity index (χ2v) is 8.06. The second-order valence-electron chi connectivity index (χ2n) is 7.21. The molecule has 0 unspecified atom stereocenters.